The average molecular weight is 195 g/mol. The van der Waals surface area contributed by atoms with Gasteiger partial charge in [-0.25, -0.2) is 0 Å². The van der Waals surface area contributed by atoms with Crippen LogP contribution in [0.15, 0.2) is 0 Å². The van der Waals surface area contributed by atoms with Crippen LogP contribution in [0, 0.1) is 13.8 Å². The lowest BCUT2D eigenvalue weighted by atomic mass is 10.1. The Morgan fingerprint density at radius 2 is 1.86 bits per heavy atom. The predicted octanol–water partition coefficient (Wildman–Crippen LogP) is 1.93. The van der Waals surface area contributed by atoms with Crippen molar-refractivity contribution in [3.05, 3.63) is 17.0 Å². The van der Waals surface area contributed by atoms with Crippen molar-refractivity contribution in [1.82, 2.24) is 15.1 Å². The van der Waals surface area contributed by atoms with Crippen molar-refractivity contribution in [3.8, 4) is 0 Å². The number of aromatic nitrogens is 2. The highest BCUT2D eigenvalue weighted by atomic mass is 15.3. The third-order valence-corrected chi connectivity index (χ3v) is 2.45. The number of hydrogen-bond acceptors (Lipinski definition) is 2. The third kappa shape index (κ3) is 2.58. The molecule has 0 saturated carbocycles. The topological polar surface area (TPSA) is 29.9 Å². The molecule has 0 bridgehead atoms. The molecule has 0 amide bonds. The molecule has 1 heterocycles. The van der Waals surface area contributed by atoms with Crippen LogP contribution in [0.25, 0.3) is 0 Å². The Morgan fingerprint density at radius 1 is 1.29 bits per heavy atom. The highest BCUT2D eigenvalue weighted by Crippen LogP contribution is 2.12. The Morgan fingerprint density at radius 3 is 2.21 bits per heavy atom. The SMILES string of the molecule is Cc1nn(C)c(C)c1CNC(C)(C)C. The Balaban J connectivity index is 2.77. The fourth-order valence-corrected chi connectivity index (χ4v) is 1.43. The van der Waals surface area contributed by atoms with E-state index in [1.807, 2.05) is 11.7 Å². The number of aryl methyl sites for hydroxylation is 2. The Hall–Kier alpha value is -0.830. The van der Waals surface area contributed by atoms with Gasteiger partial charge in [-0.15, -0.1) is 0 Å². The summed E-state index contributed by atoms with van der Waals surface area (Å²) >= 11 is 0. The van der Waals surface area contributed by atoms with Crippen LogP contribution in [0.1, 0.15) is 37.7 Å². The van der Waals surface area contributed by atoms with E-state index in [9.17, 15) is 0 Å². The van der Waals surface area contributed by atoms with Gasteiger partial charge in [-0.05, 0) is 34.6 Å². The van der Waals surface area contributed by atoms with E-state index >= 15 is 0 Å². The lowest BCUT2D eigenvalue weighted by Crippen LogP contribution is -2.35. The summed E-state index contributed by atoms with van der Waals surface area (Å²) in [6.07, 6.45) is 0. The molecule has 3 heteroatoms. The average Bonchev–Trinajstić information content (AvgIpc) is 2.23. The molecule has 0 aliphatic rings. The van der Waals surface area contributed by atoms with Crippen LogP contribution < -0.4 is 5.32 Å². The summed E-state index contributed by atoms with van der Waals surface area (Å²) in [5.41, 5.74) is 3.86. The summed E-state index contributed by atoms with van der Waals surface area (Å²) in [5, 5.41) is 7.87. The molecule has 1 N–H and O–H groups in total. The Bertz CT molecular complexity index is 318. The van der Waals surface area contributed by atoms with Gasteiger partial charge in [0.15, 0.2) is 0 Å². The normalized spacial score (nSPS) is 12.1. The van der Waals surface area contributed by atoms with Crippen LogP contribution in [-0.2, 0) is 13.6 Å². The van der Waals surface area contributed by atoms with Crippen molar-refractivity contribution in [1.29, 1.82) is 0 Å². The number of nitrogens with zero attached hydrogens (tertiary/aromatic N) is 2. The number of nitrogens with one attached hydrogen (secondary N) is 1. The minimum atomic E-state index is 0.161. The van der Waals surface area contributed by atoms with Gasteiger partial charge >= 0.3 is 0 Å². The molecule has 0 aliphatic carbocycles. The second-order valence-electron chi connectivity index (χ2n) is 4.88. The molecule has 0 aromatic carbocycles. The molecule has 0 atom stereocenters. The van der Waals surface area contributed by atoms with Gasteiger partial charge in [0.2, 0.25) is 0 Å². The minimum absolute atomic E-state index is 0.161. The van der Waals surface area contributed by atoms with Crippen molar-refractivity contribution >= 4 is 0 Å². The van der Waals surface area contributed by atoms with Gasteiger partial charge in [0.25, 0.3) is 0 Å². The largest absolute Gasteiger partial charge is 0.308 e. The molecule has 0 unspecified atom stereocenters. The highest BCUT2D eigenvalue weighted by molar-refractivity contribution is 5.24. The van der Waals surface area contributed by atoms with Crippen LogP contribution in [0.3, 0.4) is 0 Å². The summed E-state index contributed by atoms with van der Waals surface area (Å²) in [6, 6.07) is 0. The van der Waals surface area contributed by atoms with Crippen molar-refractivity contribution in [2.45, 2.75) is 46.7 Å². The van der Waals surface area contributed by atoms with Crippen molar-refractivity contribution in [2.24, 2.45) is 7.05 Å². The van der Waals surface area contributed by atoms with Gasteiger partial charge in [0, 0.05) is 30.4 Å². The van der Waals surface area contributed by atoms with E-state index < -0.39 is 0 Å². The molecule has 3 nitrogen and oxygen atoms in total. The molecule has 0 radical (unpaired) electrons. The maximum Gasteiger partial charge on any atom is 0.0641 e. The van der Waals surface area contributed by atoms with E-state index in [4.69, 9.17) is 0 Å². The lowest BCUT2D eigenvalue weighted by molar-refractivity contribution is 0.423. The van der Waals surface area contributed by atoms with E-state index in [0.29, 0.717) is 0 Å². The zero-order valence-corrected chi connectivity index (χ0v) is 10.1. The first-order chi connectivity index (χ1) is 6.31. The van der Waals surface area contributed by atoms with Gasteiger partial charge < -0.3 is 5.32 Å². The summed E-state index contributed by atoms with van der Waals surface area (Å²) in [6.45, 7) is 11.6. The summed E-state index contributed by atoms with van der Waals surface area (Å²) < 4.78 is 1.94. The summed E-state index contributed by atoms with van der Waals surface area (Å²) in [5.74, 6) is 0. The molecule has 0 fully saturated rings. The molecule has 80 valence electrons. The predicted molar refractivity (Wildman–Crippen MR) is 59.3 cm³/mol. The molecule has 1 aromatic heterocycles. The Labute approximate surface area is 86.5 Å². The van der Waals surface area contributed by atoms with E-state index in [1.54, 1.807) is 0 Å². The fourth-order valence-electron chi connectivity index (χ4n) is 1.43. The molecular formula is C11H21N3. The maximum atomic E-state index is 4.39. The molecule has 0 saturated heterocycles. The first-order valence-corrected chi connectivity index (χ1v) is 5.05. The van der Waals surface area contributed by atoms with Crippen LogP contribution >= 0.6 is 0 Å². The second-order valence-corrected chi connectivity index (χ2v) is 4.88. The lowest BCUT2D eigenvalue weighted by Gasteiger charge is -2.20. The van der Waals surface area contributed by atoms with E-state index in [0.717, 1.165) is 12.2 Å². The van der Waals surface area contributed by atoms with E-state index in [-0.39, 0.29) is 5.54 Å². The first-order valence-electron chi connectivity index (χ1n) is 5.05. The quantitative estimate of drug-likeness (QED) is 0.781. The Kier molecular flexibility index (Phi) is 3.00. The molecular weight excluding hydrogens is 174 g/mol. The maximum absolute atomic E-state index is 4.39. The van der Waals surface area contributed by atoms with Gasteiger partial charge in [0.1, 0.15) is 0 Å². The summed E-state index contributed by atoms with van der Waals surface area (Å²) in [4.78, 5) is 0. The summed E-state index contributed by atoms with van der Waals surface area (Å²) in [7, 11) is 1.99. The number of rotatable bonds is 2. The molecule has 0 spiro atoms. The van der Waals surface area contributed by atoms with Crippen molar-refractivity contribution < 1.29 is 0 Å². The minimum Gasteiger partial charge on any atom is -0.308 e. The van der Waals surface area contributed by atoms with Gasteiger partial charge in [-0.3, -0.25) is 4.68 Å². The van der Waals surface area contributed by atoms with Crippen LogP contribution in [-0.4, -0.2) is 15.3 Å². The highest BCUT2D eigenvalue weighted by Gasteiger charge is 2.13. The number of hydrogen-bond donors (Lipinski definition) is 1. The fraction of sp³-hybridized carbons (Fsp3) is 0.727. The van der Waals surface area contributed by atoms with Gasteiger partial charge in [-0.1, -0.05) is 0 Å². The zero-order chi connectivity index (χ0) is 10.9. The van der Waals surface area contributed by atoms with Crippen LogP contribution in [0.2, 0.25) is 0 Å². The van der Waals surface area contributed by atoms with Gasteiger partial charge in [0.05, 0.1) is 5.69 Å². The first kappa shape index (κ1) is 11.2. The van der Waals surface area contributed by atoms with Crippen molar-refractivity contribution in [2.75, 3.05) is 0 Å². The van der Waals surface area contributed by atoms with Crippen LogP contribution in [0.5, 0.6) is 0 Å². The zero-order valence-electron chi connectivity index (χ0n) is 10.1. The smallest absolute Gasteiger partial charge is 0.0641 e. The van der Waals surface area contributed by atoms with E-state index in [1.165, 1.54) is 11.3 Å². The standard InChI is InChI=1S/C11H21N3/c1-8-10(7-12-11(3,4)5)9(2)14(6)13-8/h12H,7H2,1-6H3. The third-order valence-electron chi connectivity index (χ3n) is 2.45. The second kappa shape index (κ2) is 3.73. The van der Waals surface area contributed by atoms with Crippen molar-refractivity contribution in [3.63, 3.8) is 0 Å². The van der Waals surface area contributed by atoms with E-state index in [2.05, 4.69) is 45.0 Å². The van der Waals surface area contributed by atoms with Crippen LogP contribution in [0.4, 0.5) is 0 Å². The monoisotopic (exact) mass is 195 g/mol. The molecule has 1 rings (SSSR count). The molecule has 14 heavy (non-hydrogen) atoms. The van der Waals surface area contributed by atoms with Gasteiger partial charge in [-0.2, -0.15) is 5.10 Å². The molecule has 0 aliphatic heterocycles. The molecule has 1 aromatic rings.